The number of hydrogen-bond acceptors (Lipinski definition) is 4. The first-order chi connectivity index (χ1) is 12.8. The number of aromatic nitrogens is 5. The molecular weight excluding hydrogens is 342 g/mol. The van der Waals surface area contributed by atoms with Gasteiger partial charge in [-0.3, -0.25) is 15.0 Å². The van der Waals surface area contributed by atoms with Gasteiger partial charge in [0.2, 0.25) is 0 Å². The molecule has 3 aromatic heterocycles. The van der Waals surface area contributed by atoms with Crippen LogP contribution in [0.25, 0.3) is 11.3 Å². The van der Waals surface area contributed by atoms with Crippen molar-refractivity contribution >= 4 is 11.8 Å². The molecule has 0 radical (unpaired) electrons. The zero-order valence-electron chi connectivity index (χ0n) is 16.0. The molecule has 142 valence electrons. The Morgan fingerprint density at radius 3 is 2.70 bits per heavy atom. The minimum absolute atomic E-state index is 0.0716. The number of pyridine rings is 1. The molecule has 2 N–H and O–H groups in total. The van der Waals surface area contributed by atoms with Gasteiger partial charge < -0.3 is 9.88 Å². The fourth-order valence-electron chi connectivity index (χ4n) is 2.69. The van der Waals surface area contributed by atoms with Gasteiger partial charge in [0.1, 0.15) is 5.82 Å². The van der Waals surface area contributed by atoms with E-state index in [0.29, 0.717) is 12.4 Å². The van der Waals surface area contributed by atoms with Gasteiger partial charge in [0.05, 0.1) is 18.1 Å². The number of nitrogens with zero attached hydrogens (tertiary/aromatic N) is 5. The second-order valence-corrected chi connectivity index (χ2v) is 7.56. The number of urea groups is 1. The molecular formula is C19H25N7O. The third-order valence-electron chi connectivity index (χ3n) is 4.38. The topological polar surface area (TPSA) is 89.7 Å². The second-order valence-electron chi connectivity index (χ2n) is 7.56. The SMILES string of the molecule is Cn1nc(-c2cccnc2)cc1NC(=O)NC(Cn1ccnc1)C(C)(C)C. The van der Waals surface area contributed by atoms with E-state index >= 15 is 0 Å². The molecule has 0 spiro atoms. The molecule has 0 saturated heterocycles. The Morgan fingerprint density at radius 1 is 1.26 bits per heavy atom. The van der Waals surface area contributed by atoms with Crippen LogP contribution in [-0.4, -0.2) is 36.4 Å². The zero-order valence-corrected chi connectivity index (χ0v) is 16.0. The third-order valence-corrected chi connectivity index (χ3v) is 4.38. The van der Waals surface area contributed by atoms with Crippen molar-refractivity contribution in [1.82, 2.24) is 29.6 Å². The van der Waals surface area contributed by atoms with Gasteiger partial charge >= 0.3 is 6.03 Å². The van der Waals surface area contributed by atoms with Crippen molar-refractivity contribution < 1.29 is 4.79 Å². The summed E-state index contributed by atoms with van der Waals surface area (Å²) in [7, 11) is 1.79. The first kappa shape index (κ1) is 18.6. The van der Waals surface area contributed by atoms with E-state index in [9.17, 15) is 4.79 Å². The van der Waals surface area contributed by atoms with Crippen LogP contribution in [0, 0.1) is 5.41 Å². The van der Waals surface area contributed by atoms with Crippen LogP contribution < -0.4 is 10.6 Å². The van der Waals surface area contributed by atoms with Gasteiger partial charge in [-0.05, 0) is 17.5 Å². The predicted octanol–water partition coefficient (Wildman–Crippen LogP) is 2.92. The first-order valence-corrected chi connectivity index (χ1v) is 8.80. The van der Waals surface area contributed by atoms with Crippen LogP contribution in [0.1, 0.15) is 20.8 Å². The molecule has 3 heterocycles. The van der Waals surface area contributed by atoms with Crippen molar-refractivity contribution in [3.63, 3.8) is 0 Å². The summed E-state index contributed by atoms with van der Waals surface area (Å²) in [6.07, 6.45) is 8.83. The van der Waals surface area contributed by atoms with E-state index in [1.165, 1.54) is 0 Å². The van der Waals surface area contributed by atoms with E-state index < -0.39 is 0 Å². The molecule has 0 bridgehead atoms. The first-order valence-electron chi connectivity index (χ1n) is 8.80. The molecule has 2 amide bonds. The lowest BCUT2D eigenvalue weighted by molar-refractivity contribution is 0.218. The fourth-order valence-corrected chi connectivity index (χ4v) is 2.69. The van der Waals surface area contributed by atoms with Gasteiger partial charge in [-0.25, -0.2) is 9.78 Å². The molecule has 0 aromatic carbocycles. The third kappa shape index (κ3) is 4.72. The summed E-state index contributed by atoms with van der Waals surface area (Å²) >= 11 is 0. The van der Waals surface area contributed by atoms with Crippen molar-refractivity contribution in [1.29, 1.82) is 0 Å². The lowest BCUT2D eigenvalue weighted by atomic mass is 9.86. The molecule has 0 aliphatic carbocycles. The van der Waals surface area contributed by atoms with Gasteiger partial charge in [0, 0.05) is 50.0 Å². The maximum Gasteiger partial charge on any atom is 0.320 e. The summed E-state index contributed by atoms with van der Waals surface area (Å²) in [5.41, 5.74) is 1.54. The molecule has 0 fully saturated rings. The van der Waals surface area contributed by atoms with Gasteiger partial charge in [-0.15, -0.1) is 0 Å². The molecule has 3 rings (SSSR count). The van der Waals surface area contributed by atoms with E-state index in [4.69, 9.17) is 0 Å². The molecule has 1 unspecified atom stereocenters. The molecule has 27 heavy (non-hydrogen) atoms. The highest BCUT2D eigenvalue weighted by atomic mass is 16.2. The van der Waals surface area contributed by atoms with Gasteiger partial charge in [-0.2, -0.15) is 5.10 Å². The molecule has 3 aromatic rings. The van der Waals surface area contributed by atoms with Crippen LogP contribution in [0.2, 0.25) is 0 Å². The van der Waals surface area contributed by atoms with Crippen molar-refractivity contribution in [2.45, 2.75) is 33.4 Å². The highest BCUT2D eigenvalue weighted by Crippen LogP contribution is 2.22. The standard InChI is InChI=1S/C19H25N7O/c1-19(2,3)16(12-26-9-8-21-13-26)22-18(27)23-17-10-15(24-25(17)4)14-6-5-7-20-11-14/h5-11,13,16H,12H2,1-4H3,(H2,22,23,27). The van der Waals surface area contributed by atoms with E-state index in [1.54, 1.807) is 36.6 Å². The Hall–Kier alpha value is -3.16. The summed E-state index contributed by atoms with van der Waals surface area (Å²) in [6.45, 7) is 6.93. The number of aryl methyl sites for hydroxylation is 1. The van der Waals surface area contributed by atoms with E-state index in [1.807, 2.05) is 29.0 Å². The lowest BCUT2D eigenvalue weighted by Gasteiger charge is -2.31. The second kappa shape index (κ2) is 7.61. The summed E-state index contributed by atoms with van der Waals surface area (Å²) < 4.78 is 3.60. The van der Waals surface area contributed by atoms with Crippen LogP contribution in [0.4, 0.5) is 10.6 Å². The van der Waals surface area contributed by atoms with E-state index in [2.05, 4.69) is 46.5 Å². The van der Waals surface area contributed by atoms with Gasteiger partial charge in [0.15, 0.2) is 0 Å². The van der Waals surface area contributed by atoms with Crippen LogP contribution in [0.5, 0.6) is 0 Å². The average Bonchev–Trinajstić information content (AvgIpc) is 3.25. The molecule has 1 atom stereocenters. The van der Waals surface area contributed by atoms with Crippen LogP contribution in [0.3, 0.4) is 0 Å². The van der Waals surface area contributed by atoms with E-state index in [0.717, 1.165) is 11.3 Å². The van der Waals surface area contributed by atoms with Crippen LogP contribution in [-0.2, 0) is 13.6 Å². The van der Waals surface area contributed by atoms with E-state index in [-0.39, 0.29) is 17.5 Å². The Balaban J connectivity index is 1.70. The molecule has 8 nitrogen and oxygen atoms in total. The number of amides is 2. The van der Waals surface area contributed by atoms with Crippen molar-refractivity contribution in [2.75, 3.05) is 5.32 Å². The quantitative estimate of drug-likeness (QED) is 0.725. The number of carbonyl (C=O) groups excluding carboxylic acids is 1. The lowest BCUT2D eigenvalue weighted by Crippen LogP contribution is -2.48. The molecule has 0 saturated carbocycles. The van der Waals surface area contributed by atoms with Crippen LogP contribution in [0.15, 0.2) is 49.3 Å². The number of carbonyl (C=O) groups is 1. The Morgan fingerprint density at radius 2 is 2.07 bits per heavy atom. The number of imidazole rings is 1. The number of anilines is 1. The van der Waals surface area contributed by atoms with Crippen molar-refractivity contribution in [3.8, 4) is 11.3 Å². The highest BCUT2D eigenvalue weighted by Gasteiger charge is 2.27. The summed E-state index contributed by atoms with van der Waals surface area (Å²) in [6, 6.07) is 5.28. The summed E-state index contributed by atoms with van der Waals surface area (Å²) in [5, 5.41) is 10.4. The monoisotopic (exact) mass is 367 g/mol. The minimum Gasteiger partial charge on any atom is -0.335 e. The van der Waals surface area contributed by atoms with Crippen molar-refractivity contribution in [3.05, 3.63) is 49.3 Å². The van der Waals surface area contributed by atoms with Crippen LogP contribution >= 0.6 is 0 Å². The highest BCUT2D eigenvalue weighted by molar-refractivity contribution is 5.89. The van der Waals surface area contributed by atoms with Gasteiger partial charge in [-0.1, -0.05) is 20.8 Å². The Bertz CT molecular complexity index is 879. The average molecular weight is 367 g/mol. The zero-order chi connectivity index (χ0) is 19.4. The smallest absolute Gasteiger partial charge is 0.320 e. The Labute approximate surface area is 158 Å². The van der Waals surface area contributed by atoms with Gasteiger partial charge in [0.25, 0.3) is 0 Å². The predicted molar refractivity (Wildman–Crippen MR) is 104 cm³/mol. The largest absolute Gasteiger partial charge is 0.335 e. The molecule has 8 heteroatoms. The summed E-state index contributed by atoms with van der Waals surface area (Å²) in [4.78, 5) is 20.8. The fraction of sp³-hybridized carbons (Fsp3) is 0.368. The maximum absolute atomic E-state index is 12.6. The maximum atomic E-state index is 12.6. The minimum atomic E-state index is -0.268. The van der Waals surface area contributed by atoms with Crippen molar-refractivity contribution in [2.24, 2.45) is 12.5 Å². The summed E-state index contributed by atoms with van der Waals surface area (Å²) in [5.74, 6) is 0.613. The molecule has 0 aliphatic rings. The normalized spacial score (nSPS) is 12.6. The number of rotatable bonds is 5. The Kier molecular flexibility index (Phi) is 5.25. The number of nitrogens with one attached hydrogen (secondary N) is 2. The number of hydrogen-bond donors (Lipinski definition) is 2. The molecule has 0 aliphatic heterocycles.